The van der Waals surface area contributed by atoms with Crippen molar-refractivity contribution in [1.29, 1.82) is 0 Å². The van der Waals surface area contributed by atoms with E-state index in [-0.39, 0.29) is 40.6 Å². The standard InChI is InChI=1S/C66H129Si13.3ClH.Ti/c1-44-45(2)47(4)51(46(44)3)79(64-58(73(26,27)28)52(67(8,9)10)48(5)53(68(11,12)13)59(64)74(29,30)31,65-60(75(32,33)34)54(69(14,15)16)49(6)55(70(17,18)19)61(65)76(35,36)37)66-62(77(38,39)40)56(71(20,21)22)50(7)57(72(23,24)25)63(66)78(41,42)43;;;;/h1-43H3;3*1H;/q;;;;+3/p-3. The Morgan fingerprint density at radius 3 is 0.398 bits per heavy atom. The van der Waals surface area contributed by atoms with Crippen LogP contribution in [-0.2, 0) is 20.4 Å². The molecule has 17 heteroatoms. The van der Waals surface area contributed by atoms with Crippen LogP contribution in [0.3, 0.4) is 0 Å². The Bertz CT molecular complexity index is 2600. The van der Waals surface area contributed by atoms with E-state index in [9.17, 15) is 0 Å². The van der Waals surface area contributed by atoms with E-state index in [1.807, 2.05) is 62.2 Å². The number of hydrogen-bond acceptors (Lipinski definition) is 0. The van der Waals surface area contributed by atoms with E-state index in [0.717, 1.165) is 0 Å². The van der Waals surface area contributed by atoms with Gasteiger partial charge < -0.3 is 37.2 Å². The maximum absolute atomic E-state index is 3.75. The molecule has 0 saturated carbocycles. The van der Waals surface area contributed by atoms with Crippen LogP contribution in [-0.4, -0.2) is 105 Å². The predicted molar refractivity (Wildman–Crippen MR) is 413 cm³/mol. The van der Waals surface area contributed by atoms with Crippen LogP contribution in [0.4, 0.5) is 0 Å². The fraction of sp³-hybridized carbons (Fsp3) is 0.667. The Labute approximate surface area is 561 Å². The zero-order valence-corrected chi connectivity index (χ0v) is 79.5. The van der Waals surface area contributed by atoms with Crippen molar-refractivity contribution in [3.63, 3.8) is 0 Å². The van der Waals surface area contributed by atoms with Gasteiger partial charge in [0.15, 0.2) is 0 Å². The second-order valence-electron chi connectivity index (χ2n) is 38.5. The molecule has 4 rings (SSSR count). The molecule has 3 aromatic rings. The average Bonchev–Trinajstić information content (AvgIpc) is 3.31. The van der Waals surface area contributed by atoms with Crippen molar-refractivity contribution in [2.75, 3.05) is 0 Å². The zero-order chi connectivity index (χ0) is 63.7. The molecular formula is C66H129Cl3Si13Ti. The molecule has 0 spiro atoms. The predicted octanol–water partition coefficient (Wildman–Crippen LogP) is 3.57. The SMILES string of the molecule is CC1=C(C)[C]([Ti+3])([Si](c2c([Si](C)(C)C)c([Si](C)(C)C)c(C)c([Si](C)(C)C)c2[Si](C)(C)C)(c2c([Si](C)(C)C)c([Si](C)(C)C)c(C)c([Si](C)(C)C)c2[Si](C)(C)C)c2c([Si](C)(C)C)c([Si](C)(C)C)c(C)c([Si](C)(C)C)c2[Si](C)(C)C)C(C)=C1C.[Cl-].[Cl-].[Cl-]. The minimum Gasteiger partial charge on any atom is -1.00 e. The molecular weight excluding hydrogens is 1310 g/mol. The number of rotatable bonds is 16. The maximum atomic E-state index is 3.04. The Morgan fingerprint density at radius 2 is 0.301 bits per heavy atom. The summed E-state index contributed by atoms with van der Waals surface area (Å²) < 4.78 is -0.260. The van der Waals surface area contributed by atoms with Gasteiger partial charge in [0.2, 0.25) is 0 Å². The smallest absolute Gasteiger partial charge is 1.00 e. The molecule has 0 amide bonds. The Balaban J connectivity index is 0.0000115. The van der Waals surface area contributed by atoms with Gasteiger partial charge >= 0.3 is 530 Å². The molecule has 0 unspecified atom stereocenters. The number of halogens is 3. The van der Waals surface area contributed by atoms with E-state index in [4.69, 9.17) is 0 Å². The molecule has 83 heavy (non-hydrogen) atoms. The van der Waals surface area contributed by atoms with Gasteiger partial charge in [-0.2, -0.15) is 0 Å². The molecule has 0 aliphatic heterocycles. The summed E-state index contributed by atoms with van der Waals surface area (Å²) in [5, 5.41) is 29.5. The molecule has 0 bridgehead atoms. The minimum absolute atomic E-state index is 0. The monoisotopic (exact) mass is 1440 g/mol. The van der Waals surface area contributed by atoms with Crippen molar-refractivity contribution in [1.82, 2.24) is 0 Å². The van der Waals surface area contributed by atoms with E-state index in [2.05, 4.69) is 320 Å². The normalized spacial score (nSPS) is 15.9. The van der Waals surface area contributed by atoms with Crippen molar-refractivity contribution < 1.29 is 57.7 Å². The molecule has 0 atom stereocenters. The van der Waals surface area contributed by atoms with Crippen LogP contribution in [0.5, 0.6) is 0 Å². The quantitative estimate of drug-likeness (QED) is 0.152. The molecule has 1 aliphatic carbocycles. The third kappa shape index (κ3) is 14.4. The van der Waals surface area contributed by atoms with Gasteiger partial charge in [0.05, 0.1) is 0 Å². The van der Waals surface area contributed by atoms with Gasteiger partial charge in [-0.25, -0.2) is 0 Å². The second kappa shape index (κ2) is 24.8. The molecule has 1 aliphatic rings. The molecule has 0 heterocycles. The summed E-state index contributed by atoms with van der Waals surface area (Å²) in [5.74, 6) is 0. The van der Waals surface area contributed by atoms with Crippen LogP contribution in [0.1, 0.15) is 44.4 Å². The van der Waals surface area contributed by atoms with E-state index >= 15 is 0 Å². The van der Waals surface area contributed by atoms with Gasteiger partial charge in [0.25, 0.3) is 0 Å². The van der Waals surface area contributed by atoms with Crippen LogP contribution in [0, 0.1) is 20.8 Å². The molecule has 0 N–H and O–H groups in total. The molecule has 0 aromatic heterocycles. The summed E-state index contributed by atoms with van der Waals surface area (Å²) >= 11 is 3.04. The van der Waals surface area contributed by atoms with E-state index < -0.39 is 105 Å². The Kier molecular flexibility index (Phi) is 24.7. The summed E-state index contributed by atoms with van der Waals surface area (Å²) in [5.41, 5.74) is 11.9. The number of hydrogen-bond donors (Lipinski definition) is 0. The largest absolute Gasteiger partial charge is 1.00 e. The third-order valence-corrected chi connectivity index (χ3v) is 55.1. The molecule has 0 fully saturated rings. The van der Waals surface area contributed by atoms with Gasteiger partial charge in [-0.1, -0.05) is 0 Å². The first-order valence-corrected chi connectivity index (χ1v) is 76.3. The van der Waals surface area contributed by atoms with Gasteiger partial charge in [0, 0.05) is 0 Å². The van der Waals surface area contributed by atoms with Crippen LogP contribution in [0.25, 0.3) is 0 Å². The van der Waals surface area contributed by atoms with Crippen molar-refractivity contribution in [2.24, 2.45) is 0 Å². The molecule has 3 aromatic carbocycles. The van der Waals surface area contributed by atoms with Crippen molar-refractivity contribution >= 4 is 183 Å². The fourth-order valence-electron chi connectivity index (χ4n) is 16.8. The van der Waals surface area contributed by atoms with Gasteiger partial charge in [-0.15, -0.1) is 0 Å². The fourth-order valence-corrected chi connectivity index (χ4v) is 74.2. The zero-order valence-electron chi connectivity index (χ0n) is 62.6. The topological polar surface area (TPSA) is 0 Å². The molecule has 470 valence electrons. The van der Waals surface area contributed by atoms with Gasteiger partial charge in [0.1, 0.15) is 0 Å². The van der Waals surface area contributed by atoms with Gasteiger partial charge in [-0.3, -0.25) is 0 Å². The Hall–Kier alpha value is 1.54. The van der Waals surface area contributed by atoms with E-state index in [1.54, 1.807) is 39.0 Å². The van der Waals surface area contributed by atoms with E-state index in [0.29, 0.717) is 0 Å². The van der Waals surface area contributed by atoms with Crippen LogP contribution >= 0.6 is 0 Å². The summed E-state index contributed by atoms with van der Waals surface area (Å²) in [4.78, 5) is 0. The Morgan fingerprint density at radius 1 is 0.193 bits per heavy atom. The molecule has 0 nitrogen and oxygen atoms in total. The summed E-state index contributed by atoms with van der Waals surface area (Å²) in [7, 11) is -30.3. The second-order valence-corrected chi connectivity index (χ2v) is 104. The minimum atomic E-state index is -3.75. The van der Waals surface area contributed by atoms with Crippen LogP contribution in [0.15, 0.2) is 22.3 Å². The van der Waals surface area contributed by atoms with Crippen LogP contribution in [0.2, 0.25) is 239 Å². The first kappa shape index (κ1) is 82.6. The summed E-state index contributed by atoms with van der Waals surface area (Å²) in [6.07, 6.45) is 0. The maximum Gasteiger partial charge on any atom is -1.00 e. The number of benzene rings is 3. The van der Waals surface area contributed by atoms with Crippen molar-refractivity contribution in [3.8, 4) is 0 Å². The van der Waals surface area contributed by atoms with Crippen molar-refractivity contribution in [3.05, 3.63) is 39.0 Å². The molecule has 0 radical (unpaired) electrons. The average molecular weight is 1440 g/mol. The first-order valence-electron chi connectivity index (χ1n) is 31.5. The first-order chi connectivity index (χ1) is 34.7. The third-order valence-electron chi connectivity index (χ3n) is 18.8. The van der Waals surface area contributed by atoms with Crippen molar-refractivity contribution in [2.45, 2.75) is 288 Å². The summed E-state index contributed by atoms with van der Waals surface area (Å²) in [6.45, 7) is 121. The van der Waals surface area contributed by atoms with Crippen LogP contribution < -0.4 is 115 Å². The van der Waals surface area contributed by atoms with E-state index in [1.165, 1.54) is 0 Å². The summed E-state index contributed by atoms with van der Waals surface area (Å²) in [6, 6.07) is 0. The number of allylic oxidation sites excluding steroid dienone is 4. The van der Waals surface area contributed by atoms with Gasteiger partial charge in [-0.05, 0) is 0 Å². The molecule has 0 saturated heterocycles.